The molecule has 0 saturated carbocycles. The van der Waals surface area contributed by atoms with Crippen LogP contribution in [-0.4, -0.2) is 87.5 Å². The zero-order valence-corrected chi connectivity index (χ0v) is 56.8. The summed E-state index contributed by atoms with van der Waals surface area (Å²) in [5, 5.41) is 55.0. The second-order valence-electron chi connectivity index (χ2n) is 26.4. The molecule has 506 valence electrons. The van der Waals surface area contributed by atoms with Gasteiger partial charge in [-0.2, -0.15) is 0 Å². The van der Waals surface area contributed by atoms with Crippen LogP contribution >= 0.6 is 0 Å². The minimum Gasteiger partial charge on any atom is -0.394 e. The lowest BCUT2D eigenvalue weighted by Gasteiger charge is -2.40. The molecule has 1 saturated heterocycles. The topological polar surface area (TPSA) is 149 Å². The van der Waals surface area contributed by atoms with Crippen LogP contribution in [0.25, 0.3) is 0 Å². The lowest BCUT2D eigenvalue weighted by atomic mass is 9.99. The molecule has 1 aliphatic rings. The van der Waals surface area contributed by atoms with Gasteiger partial charge in [0.2, 0.25) is 5.91 Å². The van der Waals surface area contributed by atoms with Gasteiger partial charge < -0.3 is 40.3 Å². The zero-order valence-electron chi connectivity index (χ0n) is 56.8. The molecule has 0 spiro atoms. The predicted molar refractivity (Wildman–Crippen MR) is 369 cm³/mol. The fourth-order valence-corrected chi connectivity index (χ4v) is 12.3. The largest absolute Gasteiger partial charge is 0.394 e. The SMILES string of the molecule is CC/C=C\C/C=C\C/C=C\C/C=C\CCCCCCCCCCCCCCCCCCCCCCCCCCCCC(=O)NC(COC1OC(CO)C(O)C(O)C1O)C(O)CCCCCCCCCCCCCCCCCCCCCCCCCC. The van der Waals surface area contributed by atoms with Crippen molar-refractivity contribution in [2.24, 2.45) is 0 Å². The fraction of sp³-hybridized carbons (Fsp3) is 0.883. The molecule has 1 fully saturated rings. The first kappa shape index (κ1) is 82.2. The molecule has 0 aromatic heterocycles. The highest BCUT2D eigenvalue weighted by atomic mass is 16.7. The summed E-state index contributed by atoms with van der Waals surface area (Å²) in [4.78, 5) is 13.2. The quantitative estimate of drug-likeness (QED) is 0.0261. The first-order valence-corrected chi connectivity index (χ1v) is 37.8. The van der Waals surface area contributed by atoms with Gasteiger partial charge in [-0.1, -0.05) is 371 Å². The van der Waals surface area contributed by atoms with Gasteiger partial charge in [-0.05, 0) is 51.4 Å². The van der Waals surface area contributed by atoms with Crippen molar-refractivity contribution in [1.29, 1.82) is 0 Å². The maximum Gasteiger partial charge on any atom is 0.220 e. The standard InChI is InChI=1S/C77H145NO8/c1-3-5-7-9-11-13-15-17-19-21-23-25-27-29-30-31-32-33-34-35-36-37-38-39-40-41-42-43-45-47-49-51-53-55-57-59-61-63-65-67-73(81)78-70(69-85-77-76(84)75(83)74(82)72(68-79)86-77)71(80)66-64-62-60-58-56-54-52-50-48-46-44-28-26-24-22-20-18-16-14-12-10-8-6-4-2/h5,7,11,13,17,19,23,25,70-72,74-77,79-80,82-84H,3-4,6,8-10,12,14-16,18,20-22,24,26-69H2,1-2H3,(H,78,81)/b7-5-,13-11-,19-17-,25-23-. The Hall–Kier alpha value is -1.85. The number of carbonyl (C=O) groups excluding carboxylic acids is 1. The molecule has 7 unspecified atom stereocenters. The van der Waals surface area contributed by atoms with Gasteiger partial charge in [0.1, 0.15) is 24.4 Å². The van der Waals surface area contributed by atoms with Crippen LogP contribution in [0.3, 0.4) is 0 Å². The number of allylic oxidation sites excluding steroid dienone is 8. The van der Waals surface area contributed by atoms with Crippen LogP contribution in [0.2, 0.25) is 0 Å². The minimum absolute atomic E-state index is 0.133. The highest BCUT2D eigenvalue weighted by Gasteiger charge is 2.44. The number of hydrogen-bond donors (Lipinski definition) is 6. The maximum absolute atomic E-state index is 13.2. The number of rotatable bonds is 67. The summed E-state index contributed by atoms with van der Waals surface area (Å²) in [6.45, 7) is 3.78. The average molecular weight is 1210 g/mol. The van der Waals surface area contributed by atoms with Crippen molar-refractivity contribution in [2.45, 2.75) is 423 Å². The summed E-state index contributed by atoms with van der Waals surface area (Å²) in [7, 11) is 0. The van der Waals surface area contributed by atoms with Crippen LogP contribution in [0.4, 0.5) is 0 Å². The van der Waals surface area contributed by atoms with Gasteiger partial charge >= 0.3 is 0 Å². The van der Waals surface area contributed by atoms with Gasteiger partial charge in [-0.25, -0.2) is 0 Å². The number of hydrogen-bond acceptors (Lipinski definition) is 8. The fourth-order valence-electron chi connectivity index (χ4n) is 12.3. The summed E-state index contributed by atoms with van der Waals surface area (Å²) in [5.74, 6) is -0.135. The van der Waals surface area contributed by atoms with Crippen LogP contribution in [0.5, 0.6) is 0 Å². The Kier molecular flexibility index (Phi) is 63.1. The molecule has 9 nitrogen and oxygen atoms in total. The van der Waals surface area contributed by atoms with Crippen molar-refractivity contribution in [3.05, 3.63) is 48.6 Å². The zero-order chi connectivity index (χ0) is 62.1. The predicted octanol–water partition coefficient (Wildman–Crippen LogP) is 21.1. The molecule has 7 atom stereocenters. The van der Waals surface area contributed by atoms with Crippen LogP contribution in [0.15, 0.2) is 48.6 Å². The number of nitrogens with one attached hydrogen (secondary N) is 1. The molecule has 0 aliphatic carbocycles. The van der Waals surface area contributed by atoms with E-state index in [1.807, 2.05) is 0 Å². The summed E-state index contributed by atoms with van der Waals surface area (Å²) in [6.07, 6.45) is 83.5. The normalized spacial score (nSPS) is 18.2. The average Bonchev–Trinajstić information content (AvgIpc) is 3.55. The molecule has 1 aliphatic heterocycles. The first-order valence-electron chi connectivity index (χ1n) is 37.8. The number of ether oxygens (including phenoxy) is 2. The van der Waals surface area contributed by atoms with Gasteiger partial charge in [0.25, 0.3) is 0 Å². The third kappa shape index (κ3) is 53.9. The smallest absolute Gasteiger partial charge is 0.220 e. The third-order valence-corrected chi connectivity index (χ3v) is 18.2. The Labute approximate surface area is 533 Å². The Bertz CT molecular complexity index is 1500. The van der Waals surface area contributed by atoms with Crippen LogP contribution in [0, 0.1) is 0 Å². The van der Waals surface area contributed by atoms with Crippen molar-refractivity contribution >= 4 is 5.91 Å². The van der Waals surface area contributed by atoms with E-state index in [1.54, 1.807) is 0 Å². The summed E-state index contributed by atoms with van der Waals surface area (Å²) in [6, 6.07) is -0.719. The second kappa shape index (κ2) is 66.1. The molecule has 9 heteroatoms. The Morgan fingerprint density at radius 2 is 0.721 bits per heavy atom. The van der Waals surface area contributed by atoms with Crippen LogP contribution in [-0.2, 0) is 14.3 Å². The Balaban J connectivity index is 2.04. The maximum atomic E-state index is 13.2. The molecular formula is C77H145NO8. The Morgan fingerprint density at radius 3 is 1.07 bits per heavy atom. The van der Waals surface area contributed by atoms with Crippen LogP contribution < -0.4 is 5.32 Å². The van der Waals surface area contributed by atoms with Gasteiger partial charge in [-0.15, -0.1) is 0 Å². The molecule has 0 radical (unpaired) electrons. The van der Waals surface area contributed by atoms with Crippen LogP contribution in [0.1, 0.15) is 380 Å². The van der Waals surface area contributed by atoms with Gasteiger partial charge in [0, 0.05) is 6.42 Å². The second-order valence-corrected chi connectivity index (χ2v) is 26.4. The van der Waals surface area contributed by atoms with E-state index < -0.39 is 49.5 Å². The highest BCUT2D eigenvalue weighted by Crippen LogP contribution is 2.24. The lowest BCUT2D eigenvalue weighted by Crippen LogP contribution is -2.60. The third-order valence-electron chi connectivity index (χ3n) is 18.2. The number of unbranched alkanes of at least 4 members (excludes halogenated alkanes) is 49. The van der Waals surface area contributed by atoms with E-state index in [9.17, 15) is 30.3 Å². The van der Waals surface area contributed by atoms with Crippen molar-refractivity contribution in [3.63, 3.8) is 0 Å². The van der Waals surface area contributed by atoms with E-state index in [1.165, 1.54) is 289 Å². The molecule has 0 bridgehead atoms. The van der Waals surface area contributed by atoms with Gasteiger partial charge in [0.15, 0.2) is 6.29 Å². The van der Waals surface area contributed by atoms with E-state index in [4.69, 9.17) is 9.47 Å². The van der Waals surface area contributed by atoms with E-state index in [0.29, 0.717) is 12.8 Å². The van der Waals surface area contributed by atoms with Gasteiger partial charge in [-0.3, -0.25) is 4.79 Å². The summed E-state index contributed by atoms with van der Waals surface area (Å²) < 4.78 is 11.4. The van der Waals surface area contributed by atoms with E-state index >= 15 is 0 Å². The number of aliphatic hydroxyl groups is 5. The minimum atomic E-state index is -1.55. The summed E-state index contributed by atoms with van der Waals surface area (Å²) >= 11 is 0. The highest BCUT2D eigenvalue weighted by molar-refractivity contribution is 5.76. The lowest BCUT2D eigenvalue weighted by molar-refractivity contribution is -0.302. The molecule has 1 amide bonds. The van der Waals surface area contributed by atoms with E-state index in [0.717, 1.165) is 64.2 Å². The molecular weight excluding hydrogens is 1070 g/mol. The molecule has 6 N–H and O–H groups in total. The first-order chi connectivity index (χ1) is 42.3. The summed E-state index contributed by atoms with van der Waals surface area (Å²) in [5.41, 5.74) is 0. The van der Waals surface area contributed by atoms with Crippen molar-refractivity contribution in [3.8, 4) is 0 Å². The van der Waals surface area contributed by atoms with Crippen molar-refractivity contribution in [1.82, 2.24) is 5.32 Å². The van der Waals surface area contributed by atoms with Crippen molar-refractivity contribution < 1.29 is 39.8 Å². The molecule has 1 heterocycles. The monoisotopic (exact) mass is 1210 g/mol. The van der Waals surface area contributed by atoms with E-state index in [-0.39, 0.29) is 12.5 Å². The molecule has 0 aromatic rings. The van der Waals surface area contributed by atoms with E-state index in [2.05, 4.69) is 67.8 Å². The molecule has 1 rings (SSSR count). The molecule has 0 aromatic carbocycles. The molecule has 86 heavy (non-hydrogen) atoms. The van der Waals surface area contributed by atoms with Crippen molar-refractivity contribution in [2.75, 3.05) is 13.2 Å². The number of aliphatic hydroxyl groups excluding tert-OH is 5. The number of carbonyl (C=O) groups is 1. The Morgan fingerprint density at radius 1 is 0.407 bits per heavy atom. The van der Waals surface area contributed by atoms with Gasteiger partial charge in [0.05, 0.1) is 25.4 Å². The number of amides is 1.